The third kappa shape index (κ3) is 37.5. The van der Waals surface area contributed by atoms with Gasteiger partial charge in [0, 0.05) is 130 Å². The number of rotatable bonds is 9. The maximum absolute atomic E-state index is 9.48. The largest absolute Gasteiger partial charge is 0.393 e. The number of nitrogens with zero attached hydrogens (tertiary/aromatic N) is 11. The van der Waals surface area contributed by atoms with Crippen LogP contribution < -0.4 is 29.8 Å². The van der Waals surface area contributed by atoms with E-state index in [1.807, 2.05) is 77.4 Å². The van der Waals surface area contributed by atoms with Gasteiger partial charge in [0.15, 0.2) is 0 Å². The van der Waals surface area contributed by atoms with Crippen molar-refractivity contribution >= 4 is 84.0 Å². The van der Waals surface area contributed by atoms with Gasteiger partial charge in [-0.1, -0.05) is 246 Å². The summed E-state index contributed by atoms with van der Waals surface area (Å²) < 4.78 is 11.9. The summed E-state index contributed by atoms with van der Waals surface area (Å²) in [5.41, 5.74) is 12.1. The zero-order chi connectivity index (χ0) is 92.7. The Morgan fingerprint density at radius 2 is 0.770 bits per heavy atom. The molecule has 15 nitrogen and oxygen atoms in total. The van der Waals surface area contributed by atoms with Gasteiger partial charge in [-0.05, 0) is 234 Å². The number of morpholine rings is 2. The predicted molar refractivity (Wildman–Crippen MR) is 549 cm³/mol. The van der Waals surface area contributed by atoms with Crippen LogP contribution in [0.4, 0.5) is 34.1 Å². The Morgan fingerprint density at radius 3 is 1.08 bits per heavy atom. The van der Waals surface area contributed by atoms with Crippen molar-refractivity contribution in [2.45, 2.75) is 294 Å². The van der Waals surface area contributed by atoms with E-state index < -0.39 is 0 Å². The number of anilines is 6. The van der Waals surface area contributed by atoms with Gasteiger partial charge in [0.1, 0.15) is 29.1 Å². The SMILES string of the molecule is CC(C)(C)c1ccc(N2CCC(O)CC2)nc1.CC(C)(C)c1ccc(N2CCCC2)nc1.CC(C)(C)c1ccc(N2CCCCC2)nc1.CC(C)(C)c1ccc(N2CCOCC2)nc1.CC(C)(C)c1ccc(N2CCOCC2)s1.CC(C)(C)c1cccs1.CC(C)(C)c1ccncc1.CC(C)c1ccc(Br)s1.Cc1ccc(CNc2ccc(C(C)(C)C)cn2)cc1. The van der Waals surface area contributed by atoms with Gasteiger partial charge >= 0.3 is 0 Å². The Hall–Kier alpha value is -7.62. The minimum atomic E-state index is -0.125. The number of thiophene rings is 3. The van der Waals surface area contributed by atoms with E-state index in [-0.39, 0.29) is 44.0 Å². The van der Waals surface area contributed by atoms with Crippen molar-refractivity contribution in [2.75, 3.05) is 122 Å². The Bertz CT molecular complexity index is 4530. The van der Waals surface area contributed by atoms with Crippen molar-refractivity contribution in [3.8, 4) is 0 Å². The number of halogens is 1. The second kappa shape index (κ2) is 49.4. The van der Waals surface area contributed by atoms with Crippen LogP contribution >= 0.6 is 49.9 Å². The first-order valence-electron chi connectivity index (χ1n) is 46.1. The molecule has 5 saturated heterocycles. The standard InChI is InChI=1S/C17H22N2.C14H22N2O.C14H22N2.C13H20N2O.C13H20N2.C12H19NOS.C9H13N.C8H12S.C7H9BrS/c1-13-5-7-14(8-6-13)11-18-16-10-9-15(12-19-16)17(2,3)4;1-14(2,3)11-4-5-13(15-10-11)16-8-6-12(17)7-9-16;1-14(2,3)12-7-8-13(15-11-12)16-9-5-4-6-10-16;1-13(2,3)11-4-5-12(14-10-11)15-6-8-16-9-7-15;1-13(2,3)11-6-7-12(14-10-11)15-8-4-5-9-15;1-12(2,3)10-4-5-11(15-10)13-6-8-14-9-7-13;1-9(2,3)8-4-6-10-7-5-8;1-8(2,3)7-5-4-6-9-7;1-5(2)6-3-4-7(8)9-6/h5-10,12H,11H2,1-4H3,(H,18,19);4-5,10,12,17H,6-9H2,1-3H3;7-8,11H,4-6,9-10H2,1-3H3;4-5,10H,6-9H2,1-3H3;6-7,10H,4-5,8-9H2,1-3H3;4-5H,6-9H2,1-3H3;4-7H,1-3H3;4-6H,1-3H3;3-5H,1-2H3. The lowest BCUT2D eigenvalue weighted by molar-refractivity contribution is 0.122. The molecule has 0 amide bonds. The van der Waals surface area contributed by atoms with E-state index in [4.69, 9.17) is 9.47 Å². The van der Waals surface area contributed by atoms with E-state index in [0.29, 0.717) is 11.3 Å². The summed E-state index contributed by atoms with van der Waals surface area (Å²) in [4.78, 5) is 42.7. The minimum Gasteiger partial charge on any atom is -0.393 e. The molecule has 0 aliphatic carbocycles. The summed E-state index contributed by atoms with van der Waals surface area (Å²) in [6.07, 6.45) is 21.8. The van der Waals surface area contributed by atoms with Crippen LogP contribution in [0.1, 0.15) is 290 Å². The van der Waals surface area contributed by atoms with Gasteiger partial charge in [-0.2, -0.15) is 0 Å². The van der Waals surface area contributed by atoms with E-state index in [0.717, 1.165) is 114 Å². The number of piperidine rings is 2. The first kappa shape index (κ1) is 105. The third-order valence-electron chi connectivity index (χ3n) is 22.5. The van der Waals surface area contributed by atoms with Crippen molar-refractivity contribution in [3.05, 3.63) is 245 Å². The molecular weight excluding hydrogens is 1680 g/mol. The molecule has 0 atom stereocenters. The molecule has 14 heterocycles. The van der Waals surface area contributed by atoms with Crippen LogP contribution in [0.25, 0.3) is 0 Å². The van der Waals surface area contributed by atoms with Gasteiger partial charge < -0.3 is 44.4 Å². The van der Waals surface area contributed by atoms with Crippen LogP contribution in [0, 0.1) is 6.92 Å². The number of benzene rings is 1. The molecule has 10 aromatic rings. The molecular formula is C107H159BrN12O3S3. The van der Waals surface area contributed by atoms with Crippen LogP contribution in [-0.2, 0) is 59.3 Å². The van der Waals surface area contributed by atoms with Gasteiger partial charge in [-0.25, -0.2) is 24.9 Å². The van der Waals surface area contributed by atoms with Crippen molar-refractivity contribution in [1.29, 1.82) is 0 Å². The van der Waals surface area contributed by atoms with E-state index >= 15 is 0 Å². The third-order valence-corrected chi connectivity index (χ3v) is 27.3. The molecule has 0 saturated carbocycles. The highest BCUT2D eigenvalue weighted by molar-refractivity contribution is 9.11. The van der Waals surface area contributed by atoms with Crippen LogP contribution in [0.5, 0.6) is 0 Å². The number of aromatic nitrogens is 6. The molecule has 0 radical (unpaired) electrons. The molecule has 5 fully saturated rings. The fourth-order valence-corrected chi connectivity index (χ4v) is 17.1. The summed E-state index contributed by atoms with van der Waals surface area (Å²) >= 11 is 8.98. The molecule has 15 rings (SSSR count). The lowest BCUT2D eigenvalue weighted by atomic mass is 9.88. The monoisotopic (exact) mass is 1840 g/mol. The Balaban J connectivity index is 0.000000196. The number of hydrogen-bond acceptors (Lipinski definition) is 18. The van der Waals surface area contributed by atoms with E-state index in [9.17, 15) is 5.11 Å². The van der Waals surface area contributed by atoms with E-state index in [1.54, 1.807) is 0 Å². The van der Waals surface area contributed by atoms with Crippen molar-refractivity contribution < 1.29 is 14.6 Å². The summed E-state index contributed by atoms with van der Waals surface area (Å²) in [5.74, 6) is 5.98. The van der Waals surface area contributed by atoms with Crippen LogP contribution in [0.3, 0.4) is 0 Å². The molecule has 0 bridgehead atoms. The lowest BCUT2D eigenvalue weighted by Gasteiger charge is -2.31. The summed E-state index contributed by atoms with van der Waals surface area (Å²) in [6, 6.07) is 47.2. The van der Waals surface area contributed by atoms with E-state index in [2.05, 4.69) is 401 Å². The lowest BCUT2D eigenvalue weighted by Crippen LogP contribution is -2.36. The zero-order valence-electron chi connectivity index (χ0n) is 82.3. The average Bonchev–Trinajstić information content (AvgIpc) is 1.71. The zero-order valence-corrected chi connectivity index (χ0v) is 86.4. The number of aliphatic hydroxyl groups excluding tert-OH is 1. The van der Waals surface area contributed by atoms with Gasteiger partial charge in [0.25, 0.3) is 0 Å². The minimum absolute atomic E-state index is 0.125. The Kier molecular flexibility index (Phi) is 41.3. The molecule has 0 unspecified atom stereocenters. The summed E-state index contributed by atoms with van der Waals surface area (Å²) in [7, 11) is 0. The molecule has 690 valence electrons. The summed E-state index contributed by atoms with van der Waals surface area (Å²) in [6.45, 7) is 74.3. The number of pyridine rings is 6. The molecule has 126 heavy (non-hydrogen) atoms. The first-order valence-corrected chi connectivity index (χ1v) is 49.4. The maximum atomic E-state index is 9.48. The molecule has 19 heteroatoms. The molecule has 9 aromatic heterocycles. The van der Waals surface area contributed by atoms with Gasteiger partial charge in [0.05, 0.1) is 41.3 Å². The Morgan fingerprint density at radius 1 is 0.389 bits per heavy atom. The van der Waals surface area contributed by atoms with E-state index in [1.165, 1.54) is 126 Å². The Labute approximate surface area is 783 Å². The van der Waals surface area contributed by atoms with Gasteiger partial charge in [-0.15, -0.1) is 34.0 Å². The van der Waals surface area contributed by atoms with Crippen molar-refractivity contribution in [2.24, 2.45) is 0 Å². The van der Waals surface area contributed by atoms with Crippen LogP contribution in [0.2, 0.25) is 0 Å². The highest BCUT2D eigenvalue weighted by Gasteiger charge is 2.25. The van der Waals surface area contributed by atoms with Crippen molar-refractivity contribution in [3.63, 3.8) is 0 Å². The van der Waals surface area contributed by atoms with Gasteiger partial charge in [0.2, 0.25) is 0 Å². The molecule has 1 aromatic carbocycles. The summed E-state index contributed by atoms with van der Waals surface area (Å²) in [5, 5.41) is 16.3. The second-order valence-electron chi connectivity index (χ2n) is 42.2. The molecule has 5 aliphatic rings. The number of aryl methyl sites for hydroxylation is 1. The first-order chi connectivity index (χ1) is 59.1. The highest BCUT2D eigenvalue weighted by Crippen LogP contribution is 2.36. The second-order valence-corrected chi connectivity index (χ2v) is 46.7. The van der Waals surface area contributed by atoms with Crippen LogP contribution in [-0.4, -0.2) is 133 Å². The predicted octanol–water partition coefficient (Wildman–Crippen LogP) is 27.1. The quantitative estimate of drug-likeness (QED) is 0.141. The fraction of sp³-hybridized carbons (Fsp3) is 0.551. The van der Waals surface area contributed by atoms with Gasteiger partial charge in [-0.3, -0.25) is 4.98 Å². The number of aliphatic hydroxyl groups is 1. The smallest absolute Gasteiger partial charge is 0.128 e. The highest BCUT2D eigenvalue weighted by atomic mass is 79.9. The molecule has 5 aliphatic heterocycles. The number of hydrogen-bond donors (Lipinski definition) is 2. The molecule has 2 N–H and O–H groups in total. The number of ether oxygens (including phenoxy) is 2. The fourth-order valence-electron chi connectivity index (χ4n) is 13.7. The molecule has 0 spiro atoms. The maximum Gasteiger partial charge on any atom is 0.128 e. The van der Waals surface area contributed by atoms with Crippen LogP contribution in [0.15, 0.2) is 186 Å². The normalized spacial score (nSPS) is 15.4. The topological polar surface area (TPSA) is 144 Å². The van der Waals surface area contributed by atoms with Crippen molar-refractivity contribution in [1.82, 2.24) is 29.9 Å². The average molecular weight is 1840 g/mol. The number of nitrogens with one attached hydrogen (secondary N) is 1.